The molecule has 0 aliphatic carbocycles. The van der Waals surface area contributed by atoms with Crippen molar-refractivity contribution in [3.63, 3.8) is 0 Å². The van der Waals surface area contributed by atoms with Gasteiger partial charge in [-0.15, -0.1) is 0 Å². The van der Waals surface area contributed by atoms with Gasteiger partial charge in [0.05, 0.1) is 18.7 Å². The fourth-order valence-corrected chi connectivity index (χ4v) is 4.67. The summed E-state index contributed by atoms with van der Waals surface area (Å²) in [5.74, 6) is 0.661. The molecule has 2 saturated heterocycles. The van der Waals surface area contributed by atoms with Crippen molar-refractivity contribution in [1.29, 1.82) is 0 Å². The van der Waals surface area contributed by atoms with Crippen molar-refractivity contribution < 1.29 is 14.3 Å². The van der Waals surface area contributed by atoms with Crippen LogP contribution in [-0.4, -0.2) is 84.6 Å². The molecule has 2 amide bonds. The number of halogens is 1. The molecule has 2 aliphatic heterocycles. The second-order valence-electron chi connectivity index (χ2n) is 8.76. The SMILES string of the molecule is CCOc1nc(N2CCN(C(=O)N(c3cccc(C)c3)C3CNCCO3)CC2)c2nc(Cl)ccc2n1. The van der Waals surface area contributed by atoms with Crippen molar-refractivity contribution in [3.05, 3.63) is 47.1 Å². The number of nitrogens with one attached hydrogen (secondary N) is 1. The Hall–Kier alpha value is -3.21. The average molecular weight is 512 g/mol. The standard InChI is InChI=1S/C25H30ClN7O3/c1-3-35-24-28-19-7-8-20(26)29-22(19)23(30-24)31-10-12-32(13-11-31)25(34)33(21-16-27-9-14-36-21)18-6-4-5-17(2)15-18/h4-8,15,21,27H,3,9-14,16H2,1-2H3. The average Bonchev–Trinajstić information content (AvgIpc) is 2.89. The number of piperazine rings is 1. The Labute approximate surface area is 215 Å². The summed E-state index contributed by atoms with van der Waals surface area (Å²) in [6.45, 7) is 8.52. The minimum Gasteiger partial charge on any atom is -0.464 e. The molecule has 3 aromatic rings. The number of aromatic nitrogens is 3. The Balaban J connectivity index is 1.37. The minimum absolute atomic E-state index is 0.0716. The van der Waals surface area contributed by atoms with E-state index in [9.17, 15) is 4.79 Å². The highest BCUT2D eigenvalue weighted by atomic mass is 35.5. The maximum absolute atomic E-state index is 13.8. The lowest BCUT2D eigenvalue weighted by Crippen LogP contribution is -2.59. The zero-order valence-electron chi connectivity index (χ0n) is 20.5. The van der Waals surface area contributed by atoms with Gasteiger partial charge in [0.2, 0.25) is 0 Å². The van der Waals surface area contributed by atoms with Gasteiger partial charge in [-0.1, -0.05) is 23.7 Å². The number of urea groups is 1. The van der Waals surface area contributed by atoms with Gasteiger partial charge < -0.3 is 24.6 Å². The number of morpholine rings is 1. The third-order valence-electron chi connectivity index (χ3n) is 6.27. The zero-order chi connectivity index (χ0) is 25.1. The maximum Gasteiger partial charge on any atom is 0.326 e. The van der Waals surface area contributed by atoms with Crippen LogP contribution in [0.4, 0.5) is 16.3 Å². The summed E-state index contributed by atoms with van der Waals surface area (Å²) >= 11 is 6.18. The van der Waals surface area contributed by atoms with E-state index >= 15 is 0 Å². The van der Waals surface area contributed by atoms with Crippen LogP contribution in [-0.2, 0) is 4.74 Å². The topological polar surface area (TPSA) is 96.0 Å². The number of amides is 2. The number of hydrogen-bond acceptors (Lipinski definition) is 8. The van der Waals surface area contributed by atoms with Crippen molar-refractivity contribution in [1.82, 2.24) is 25.2 Å². The number of benzene rings is 1. The Kier molecular flexibility index (Phi) is 7.35. The first kappa shape index (κ1) is 24.5. The normalized spacial score (nSPS) is 18.4. The molecule has 190 valence electrons. The van der Waals surface area contributed by atoms with Crippen molar-refractivity contribution in [3.8, 4) is 6.01 Å². The fourth-order valence-electron chi connectivity index (χ4n) is 4.53. The van der Waals surface area contributed by atoms with Crippen molar-refractivity contribution >= 4 is 40.2 Å². The zero-order valence-corrected chi connectivity index (χ0v) is 21.2. The number of anilines is 2. The van der Waals surface area contributed by atoms with Crippen LogP contribution in [0.2, 0.25) is 5.15 Å². The highest BCUT2D eigenvalue weighted by Gasteiger charge is 2.33. The molecule has 1 unspecified atom stereocenters. The van der Waals surface area contributed by atoms with E-state index in [0.29, 0.717) is 74.0 Å². The number of carbonyl (C=O) groups excluding carboxylic acids is 1. The van der Waals surface area contributed by atoms with E-state index in [1.165, 1.54) is 0 Å². The summed E-state index contributed by atoms with van der Waals surface area (Å²) in [5, 5.41) is 3.71. The van der Waals surface area contributed by atoms with E-state index in [4.69, 9.17) is 21.1 Å². The molecule has 36 heavy (non-hydrogen) atoms. The molecular formula is C25H30ClN7O3. The number of rotatable bonds is 5. The van der Waals surface area contributed by atoms with E-state index in [0.717, 1.165) is 17.8 Å². The molecule has 0 radical (unpaired) electrons. The van der Waals surface area contributed by atoms with Crippen molar-refractivity contribution in [2.75, 3.05) is 62.3 Å². The molecule has 0 saturated carbocycles. The molecule has 5 rings (SSSR count). The maximum atomic E-state index is 13.8. The molecule has 1 N–H and O–H groups in total. The van der Waals surface area contributed by atoms with Crippen LogP contribution >= 0.6 is 11.6 Å². The lowest BCUT2D eigenvalue weighted by atomic mass is 10.2. The van der Waals surface area contributed by atoms with Crippen LogP contribution in [0.5, 0.6) is 6.01 Å². The first-order valence-corrected chi connectivity index (χ1v) is 12.6. The van der Waals surface area contributed by atoms with Gasteiger partial charge in [0, 0.05) is 45.0 Å². The first-order valence-electron chi connectivity index (χ1n) is 12.2. The quantitative estimate of drug-likeness (QED) is 0.522. The number of nitrogens with zero attached hydrogens (tertiary/aromatic N) is 6. The van der Waals surface area contributed by atoms with Crippen LogP contribution < -0.4 is 19.9 Å². The molecule has 0 bridgehead atoms. The van der Waals surface area contributed by atoms with Crippen LogP contribution in [0.25, 0.3) is 11.0 Å². The lowest BCUT2D eigenvalue weighted by molar-refractivity contribution is 0.0285. The van der Waals surface area contributed by atoms with E-state index in [1.54, 1.807) is 11.0 Å². The number of hydrogen-bond donors (Lipinski definition) is 1. The third-order valence-corrected chi connectivity index (χ3v) is 6.49. The van der Waals surface area contributed by atoms with Crippen LogP contribution in [0.15, 0.2) is 36.4 Å². The molecule has 1 aromatic carbocycles. The molecule has 10 nitrogen and oxygen atoms in total. The molecule has 11 heteroatoms. The first-order chi connectivity index (χ1) is 17.5. The van der Waals surface area contributed by atoms with E-state index < -0.39 is 0 Å². The van der Waals surface area contributed by atoms with Gasteiger partial charge in [0.1, 0.15) is 10.7 Å². The summed E-state index contributed by atoms with van der Waals surface area (Å²) in [6, 6.07) is 11.7. The fraction of sp³-hybridized carbons (Fsp3) is 0.440. The van der Waals surface area contributed by atoms with Gasteiger partial charge in [-0.05, 0) is 43.7 Å². The van der Waals surface area contributed by atoms with Gasteiger partial charge >= 0.3 is 12.0 Å². The molecule has 4 heterocycles. The number of aryl methyl sites for hydroxylation is 1. The van der Waals surface area contributed by atoms with Gasteiger partial charge in [0.25, 0.3) is 0 Å². The lowest BCUT2D eigenvalue weighted by Gasteiger charge is -2.41. The number of ether oxygens (including phenoxy) is 2. The smallest absolute Gasteiger partial charge is 0.326 e. The summed E-state index contributed by atoms with van der Waals surface area (Å²) < 4.78 is 11.6. The van der Waals surface area contributed by atoms with Gasteiger partial charge in [0.15, 0.2) is 12.0 Å². The van der Waals surface area contributed by atoms with Crippen molar-refractivity contribution in [2.45, 2.75) is 20.1 Å². The molecule has 2 aliphatic rings. The van der Waals surface area contributed by atoms with Gasteiger partial charge in [-0.25, -0.2) is 9.78 Å². The largest absolute Gasteiger partial charge is 0.464 e. The molecule has 0 spiro atoms. The number of pyridine rings is 1. The van der Waals surface area contributed by atoms with Crippen molar-refractivity contribution in [2.24, 2.45) is 0 Å². The molecular weight excluding hydrogens is 482 g/mol. The third kappa shape index (κ3) is 5.16. The number of fused-ring (bicyclic) bond motifs is 1. The minimum atomic E-state index is -0.364. The van der Waals surface area contributed by atoms with Crippen LogP contribution in [0.1, 0.15) is 12.5 Å². The summed E-state index contributed by atoms with van der Waals surface area (Å²) in [4.78, 5) is 33.1. The van der Waals surface area contributed by atoms with Crippen LogP contribution in [0, 0.1) is 6.92 Å². The van der Waals surface area contributed by atoms with Crippen LogP contribution in [0.3, 0.4) is 0 Å². The highest BCUT2D eigenvalue weighted by Crippen LogP contribution is 2.28. The molecule has 2 fully saturated rings. The summed E-state index contributed by atoms with van der Waals surface area (Å²) in [6.07, 6.45) is -0.364. The Bertz CT molecular complexity index is 1230. The predicted octanol–water partition coefficient (Wildman–Crippen LogP) is 3.08. The molecule has 1 atom stereocenters. The Morgan fingerprint density at radius 1 is 1.19 bits per heavy atom. The molecule has 2 aromatic heterocycles. The van der Waals surface area contributed by atoms with E-state index in [2.05, 4.69) is 25.2 Å². The second-order valence-corrected chi connectivity index (χ2v) is 9.15. The van der Waals surface area contributed by atoms with E-state index in [-0.39, 0.29) is 12.3 Å². The van der Waals surface area contributed by atoms with Gasteiger partial charge in [-0.2, -0.15) is 9.97 Å². The van der Waals surface area contributed by atoms with E-state index in [1.807, 2.05) is 49.1 Å². The Morgan fingerprint density at radius 2 is 2.03 bits per heavy atom. The monoisotopic (exact) mass is 511 g/mol. The summed E-state index contributed by atoms with van der Waals surface area (Å²) in [5.41, 5.74) is 3.21. The Morgan fingerprint density at radius 3 is 2.75 bits per heavy atom. The highest BCUT2D eigenvalue weighted by molar-refractivity contribution is 6.29. The second kappa shape index (κ2) is 10.8. The predicted molar refractivity (Wildman–Crippen MR) is 139 cm³/mol. The summed E-state index contributed by atoms with van der Waals surface area (Å²) in [7, 11) is 0. The van der Waals surface area contributed by atoms with Gasteiger partial charge in [-0.3, -0.25) is 4.90 Å². The number of carbonyl (C=O) groups is 1.